The van der Waals surface area contributed by atoms with Crippen LogP contribution in [0.25, 0.3) is 0 Å². The molecule has 1 aromatic rings. The minimum atomic E-state index is -0.611. The first-order chi connectivity index (χ1) is 12.4. The summed E-state index contributed by atoms with van der Waals surface area (Å²) in [4.78, 5) is 26.6. The summed E-state index contributed by atoms with van der Waals surface area (Å²) in [6, 6.07) is 3.63. The van der Waals surface area contributed by atoms with Crippen molar-refractivity contribution in [3.8, 4) is 0 Å². The number of carbonyl (C=O) groups is 2. The van der Waals surface area contributed by atoms with Crippen molar-refractivity contribution >= 4 is 11.8 Å². The Bertz CT molecular complexity index is 785. The van der Waals surface area contributed by atoms with Gasteiger partial charge in [0.25, 0.3) is 0 Å². The molecule has 2 aliphatic rings. The molecule has 27 heavy (non-hydrogen) atoms. The number of nitrogens with zero attached hydrogens (tertiary/aromatic N) is 1. The zero-order valence-corrected chi connectivity index (χ0v) is 16.7. The van der Waals surface area contributed by atoms with Gasteiger partial charge in [-0.1, -0.05) is 19.9 Å². The molecular formula is C21H28F2N2O2. The number of rotatable bonds is 4. The number of hydrogen-bond acceptors (Lipinski definition) is 2. The molecule has 2 fully saturated rings. The van der Waals surface area contributed by atoms with Gasteiger partial charge in [-0.2, -0.15) is 0 Å². The Balaban J connectivity index is 1.71. The minimum Gasteiger partial charge on any atom is -0.355 e. The highest BCUT2D eigenvalue weighted by atomic mass is 19.1. The summed E-state index contributed by atoms with van der Waals surface area (Å²) in [5.74, 6) is -1.78. The maximum atomic E-state index is 14.4. The van der Waals surface area contributed by atoms with Crippen LogP contribution in [0.1, 0.15) is 53.0 Å². The van der Waals surface area contributed by atoms with E-state index >= 15 is 0 Å². The van der Waals surface area contributed by atoms with E-state index in [9.17, 15) is 18.4 Å². The van der Waals surface area contributed by atoms with Crippen molar-refractivity contribution < 1.29 is 18.4 Å². The topological polar surface area (TPSA) is 49.4 Å². The van der Waals surface area contributed by atoms with Crippen LogP contribution in [0, 0.1) is 23.0 Å². The van der Waals surface area contributed by atoms with E-state index in [0.717, 1.165) is 6.07 Å². The largest absolute Gasteiger partial charge is 0.355 e. The Hall–Kier alpha value is -1.98. The van der Waals surface area contributed by atoms with Crippen LogP contribution in [0.3, 0.4) is 0 Å². The summed E-state index contributed by atoms with van der Waals surface area (Å²) in [7, 11) is 0. The molecule has 4 nitrogen and oxygen atoms in total. The highest BCUT2D eigenvalue weighted by Gasteiger charge is 2.63. The fourth-order valence-electron chi connectivity index (χ4n) is 4.36. The number of halogens is 2. The van der Waals surface area contributed by atoms with Gasteiger partial charge < -0.3 is 10.2 Å². The molecule has 1 saturated carbocycles. The fraction of sp³-hybridized carbons (Fsp3) is 0.619. The zero-order valence-electron chi connectivity index (χ0n) is 16.7. The highest BCUT2D eigenvalue weighted by molar-refractivity contribution is 5.89. The molecule has 1 aliphatic carbocycles. The van der Waals surface area contributed by atoms with Crippen LogP contribution in [-0.2, 0) is 15.0 Å². The lowest BCUT2D eigenvalue weighted by Crippen LogP contribution is -2.44. The summed E-state index contributed by atoms with van der Waals surface area (Å²) < 4.78 is 27.7. The molecule has 1 heterocycles. The van der Waals surface area contributed by atoms with E-state index in [-0.39, 0.29) is 35.7 Å². The highest BCUT2D eigenvalue weighted by Crippen LogP contribution is 2.64. The molecule has 1 aromatic carbocycles. The van der Waals surface area contributed by atoms with E-state index in [1.807, 2.05) is 34.6 Å². The first-order valence-electron chi connectivity index (χ1n) is 9.41. The lowest BCUT2D eigenvalue weighted by atomic mass is 9.87. The predicted octanol–water partition coefficient (Wildman–Crippen LogP) is 3.40. The van der Waals surface area contributed by atoms with Crippen molar-refractivity contribution in [2.75, 3.05) is 13.1 Å². The van der Waals surface area contributed by atoms with E-state index in [1.54, 1.807) is 4.90 Å². The molecule has 6 heteroatoms. The summed E-state index contributed by atoms with van der Waals surface area (Å²) in [6.07, 6.45) is 0.908. The van der Waals surface area contributed by atoms with Gasteiger partial charge in [0.15, 0.2) is 0 Å². The van der Waals surface area contributed by atoms with E-state index in [4.69, 9.17) is 0 Å². The van der Waals surface area contributed by atoms with Crippen molar-refractivity contribution in [1.29, 1.82) is 0 Å². The number of likely N-dealkylation sites (tertiary alicyclic amines) is 1. The zero-order chi connectivity index (χ0) is 20.2. The Morgan fingerprint density at radius 2 is 1.93 bits per heavy atom. The first-order valence-corrected chi connectivity index (χ1v) is 9.41. The Morgan fingerprint density at radius 1 is 1.30 bits per heavy atom. The second-order valence-electron chi connectivity index (χ2n) is 9.56. The molecule has 2 atom stereocenters. The normalized spacial score (nSPS) is 27.0. The van der Waals surface area contributed by atoms with Crippen LogP contribution < -0.4 is 5.32 Å². The van der Waals surface area contributed by atoms with Crippen LogP contribution in [-0.4, -0.2) is 35.3 Å². The maximum absolute atomic E-state index is 14.4. The second kappa shape index (κ2) is 6.28. The van der Waals surface area contributed by atoms with Crippen LogP contribution in [0.4, 0.5) is 8.78 Å². The van der Waals surface area contributed by atoms with Gasteiger partial charge in [-0.25, -0.2) is 8.78 Å². The van der Waals surface area contributed by atoms with E-state index in [0.29, 0.717) is 18.5 Å². The van der Waals surface area contributed by atoms with Crippen molar-refractivity contribution in [2.45, 2.75) is 58.4 Å². The quantitative estimate of drug-likeness (QED) is 0.873. The standard InChI is InChI=1S/C21H28F2N2O2/c1-19(2,3)25-10-13(8-17(25)26)18(27)24-12-21(11-20(21,4)5)15-7-6-14(22)9-16(15)23/h6-7,9,13H,8,10-12H2,1-5H3,(H,24,27). The van der Waals surface area contributed by atoms with Gasteiger partial charge in [0.05, 0.1) is 5.92 Å². The number of hydrogen-bond donors (Lipinski definition) is 1. The maximum Gasteiger partial charge on any atom is 0.225 e. The molecule has 0 radical (unpaired) electrons. The van der Waals surface area contributed by atoms with Gasteiger partial charge in [0.1, 0.15) is 11.6 Å². The molecule has 148 valence electrons. The van der Waals surface area contributed by atoms with Crippen LogP contribution in [0.15, 0.2) is 18.2 Å². The lowest BCUT2D eigenvalue weighted by Gasteiger charge is -2.32. The van der Waals surface area contributed by atoms with E-state index < -0.39 is 23.0 Å². The Kier molecular flexibility index (Phi) is 4.60. The molecule has 3 rings (SSSR count). The Morgan fingerprint density at radius 3 is 2.41 bits per heavy atom. The Labute approximate surface area is 159 Å². The van der Waals surface area contributed by atoms with Gasteiger partial charge in [0, 0.05) is 36.5 Å². The van der Waals surface area contributed by atoms with Gasteiger partial charge in [-0.15, -0.1) is 0 Å². The molecule has 2 amide bonds. The second-order valence-corrected chi connectivity index (χ2v) is 9.56. The lowest BCUT2D eigenvalue weighted by molar-refractivity contribution is -0.132. The number of benzene rings is 1. The summed E-state index contributed by atoms with van der Waals surface area (Å²) >= 11 is 0. The van der Waals surface area contributed by atoms with Crippen molar-refractivity contribution in [3.63, 3.8) is 0 Å². The van der Waals surface area contributed by atoms with Crippen molar-refractivity contribution in [3.05, 3.63) is 35.4 Å². The molecule has 1 saturated heterocycles. The smallest absolute Gasteiger partial charge is 0.225 e. The van der Waals surface area contributed by atoms with Crippen molar-refractivity contribution in [2.24, 2.45) is 11.3 Å². The molecule has 1 N–H and O–H groups in total. The molecule has 2 unspecified atom stereocenters. The van der Waals surface area contributed by atoms with Gasteiger partial charge in [-0.05, 0) is 44.2 Å². The van der Waals surface area contributed by atoms with Gasteiger partial charge in [-0.3, -0.25) is 9.59 Å². The first kappa shape index (κ1) is 19.8. The van der Waals surface area contributed by atoms with E-state index in [2.05, 4.69) is 5.32 Å². The summed E-state index contributed by atoms with van der Waals surface area (Å²) in [5.41, 5.74) is -0.620. The number of amides is 2. The summed E-state index contributed by atoms with van der Waals surface area (Å²) in [5, 5.41) is 2.94. The average Bonchev–Trinajstić information content (AvgIpc) is 2.86. The monoisotopic (exact) mass is 378 g/mol. The molecule has 0 aromatic heterocycles. The van der Waals surface area contributed by atoms with Gasteiger partial charge >= 0.3 is 0 Å². The third-order valence-corrected chi connectivity index (χ3v) is 6.23. The van der Waals surface area contributed by atoms with Gasteiger partial charge in [0.2, 0.25) is 11.8 Å². The average molecular weight is 378 g/mol. The molecule has 1 aliphatic heterocycles. The molecule has 0 bridgehead atoms. The van der Waals surface area contributed by atoms with E-state index in [1.165, 1.54) is 12.1 Å². The third kappa shape index (κ3) is 3.46. The number of nitrogens with one attached hydrogen (secondary N) is 1. The minimum absolute atomic E-state index is 0.0197. The summed E-state index contributed by atoms with van der Waals surface area (Å²) in [6.45, 7) is 10.6. The number of carbonyl (C=O) groups excluding carboxylic acids is 2. The molecular weight excluding hydrogens is 350 g/mol. The fourth-order valence-corrected chi connectivity index (χ4v) is 4.36. The van der Waals surface area contributed by atoms with Crippen LogP contribution >= 0.6 is 0 Å². The molecule has 0 spiro atoms. The third-order valence-electron chi connectivity index (χ3n) is 6.23. The van der Waals surface area contributed by atoms with Crippen LogP contribution in [0.5, 0.6) is 0 Å². The van der Waals surface area contributed by atoms with Crippen LogP contribution in [0.2, 0.25) is 0 Å². The predicted molar refractivity (Wildman–Crippen MR) is 99.0 cm³/mol. The van der Waals surface area contributed by atoms with Crippen molar-refractivity contribution in [1.82, 2.24) is 10.2 Å². The SMILES string of the molecule is CC(C)(C)N1CC(C(=O)NCC2(c3ccc(F)cc3F)CC2(C)C)CC1=O.